The largest absolute Gasteiger partial charge is 0.274 e. The van der Waals surface area contributed by atoms with Crippen molar-refractivity contribution in [2.45, 2.75) is 59.8 Å². The lowest BCUT2D eigenvalue weighted by atomic mass is 10.4. The molecular weight excluding hydrogens is 260 g/mol. The van der Waals surface area contributed by atoms with E-state index in [-0.39, 0.29) is 56.0 Å². The van der Waals surface area contributed by atoms with Crippen LogP contribution in [-0.4, -0.2) is 40.1 Å². The van der Waals surface area contributed by atoms with E-state index < -0.39 is 0 Å². The van der Waals surface area contributed by atoms with Crippen molar-refractivity contribution in [1.29, 1.82) is 0 Å². The number of carbonyl (C=O) groups is 4. The van der Waals surface area contributed by atoms with E-state index in [1.807, 2.05) is 13.8 Å². The van der Waals surface area contributed by atoms with E-state index >= 15 is 0 Å². The van der Waals surface area contributed by atoms with Crippen molar-refractivity contribution in [3.8, 4) is 0 Å². The molecule has 2 heterocycles. The van der Waals surface area contributed by atoms with Gasteiger partial charge in [-0.25, -0.2) is 0 Å². The fourth-order valence-corrected chi connectivity index (χ4v) is 1.70. The monoisotopic (exact) mass is 284 g/mol. The average molecular weight is 284 g/mol. The van der Waals surface area contributed by atoms with E-state index in [0.717, 1.165) is 9.80 Å². The Morgan fingerprint density at radius 1 is 0.700 bits per heavy atom. The van der Waals surface area contributed by atoms with Gasteiger partial charge < -0.3 is 0 Å². The van der Waals surface area contributed by atoms with Gasteiger partial charge in [-0.15, -0.1) is 0 Å². The van der Waals surface area contributed by atoms with Crippen LogP contribution in [0.25, 0.3) is 0 Å². The smallest absolute Gasteiger partial charge is 0.231 e. The van der Waals surface area contributed by atoms with Crippen LogP contribution in [0.5, 0.6) is 0 Å². The quantitative estimate of drug-likeness (QED) is 0.723. The van der Waals surface area contributed by atoms with Crippen molar-refractivity contribution in [2.24, 2.45) is 0 Å². The number of likely N-dealkylation sites (tertiary alicyclic amines) is 2. The molecule has 0 aromatic rings. The Bertz CT molecular complexity index is 313. The van der Waals surface area contributed by atoms with Gasteiger partial charge in [0.25, 0.3) is 0 Å². The highest BCUT2D eigenvalue weighted by molar-refractivity contribution is 6.05. The summed E-state index contributed by atoms with van der Waals surface area (Å²) >= 11 is 0. The minimum Gasteiger partial charge on any atom is -0.274 e. The van der Waals surface area contributed by atoms with Crippen molar-refractivity contribution in [2.75, 3.05) is 6.67 Å². The predicted molar refractivity (Wildman–Crippen MR) is 74.4 cm³/mol. The van der Waals surface area contributed by atoms with Crippen molar-refractivity contribution in [1.82, 2.24) is 9.80 Å². The van der Waals surface area contributed by atoms with Crippen LogP contribution in [0, 0.1) is 0 Å². The van der Waals surface area contributed by atoms with E-state index in [4.69, 9.17) is 0 Å². The molecule has 0 N–H and O–H groups in total. The summed E-state index contributed by atoms with van der Waals surface area (Å²) in [5, 5.41) is 0. The highest BCUT2D eigenvalue weighted by Crippen LogP contribution is 2.17. The van der Waals surface area contributed by atoms with Crippen LogP contribution in [0.3, 0.4) is 0 Å². The standard InChI is InChI=1S/C9H10N2O4.C3H8.C2H6/c12-6-1-2-7(13)10(6)5-11-8(14)3-4-9(11)15;1-3-2;1-2/h1-5H2;3H2,1-2H3;1-2H3. The van der Waals surface area contributed by atoms with E-state index in [2.05, 4.69) is 13.8 Å². The van der Waals surface area contributed by atoms with Crippen molar-refractivity contribution >= 4 is 23.6 Å². The summed E-state index contributed by atoms with van der Waals surface area (Å²) in [6.45, 7) is 8.05. The fourth-order valence-electron chi connectivity index (χ4n) is 1.70. The van der Waals surface area contributed by atoms with Crippen LogP contribution in [0.1, 0.15) is 59.8 Å². The molecule has 4 amide bonds. The molecule has 0 aromatic heterocycles. The maximum Gasteiger partial charge on any atom is 0.231 e. The van der Waals surface area contributed by atoms with E-state index in [1.54, 1.807) is 0 Å². The Morgan fingerprint density at radius 3 is 1.10 bits per heavy atom. The third-order valence-corrected chi connectivity index (χ3v) is 2.59. The van der Waals surface area contributed by atoms with Gasteiger partial charge in [0.2, 0.25) is 23.6 Å². The number of carbonyl (C=O) groups excluding carboxylic acids is 4. The fraction of sp³-hybridized carbons (Fsp3) is 0.714. The van der Waals surface area contributed by atoms with E-state index in [9.17, 15) is 19.2 Å². The first-order valence-corrected chi connectivity index (χ1v) is 7.17. The lowest BCUT2D eigenvalue weighted by Gasteiger charge is -2.20. The average Bonchev–Trinajstić information content (AvgIpc) is 2.92. The summed E-state index contributed by atoms with van der Waals surface area (Å²) in [4.78, 5) is 46.9. The summed E-state index contributed by atoms with van der Waals surface area (Å²) in [5.41, 5.74) is 0. The second kappa shape index (κ2) is 9.23. The molecular formula is C14H24N2O4. The van der Waals surface area contributed by atoms with Gasteiger partial charge in [0.05, 0.1) is 0 Å². The maximum absolute atomic E-state index is 11.2. The summed E-state index contributed by atoms with van der Waals surface area (Å²) in [6, 6.07) is 0. The van der Waals surface area contributed by atoms with Crippen LogP contribution in [0.2, 0.25) is 0 Å². The highest BCUT2D eigenvalue weighted by Gasteiger charge is 2.36. The van der Waals surface area contributed by atoms with E-state index in [0.29, 0.717) is 0 Å². The van der Waals surface area contributed by atoms with Crippen LogP contribution in [0.15, 0.2) is 0 Å². The molecule has 0 saturated carbocycles. The third kappa shape index (κ3) is 4.75. The van der Waals surface area contributed by atoms with E-state index in [1.165, 1.54) is 6.42 Å². The SMILES string of the molecule is CC.CCC.O=C1CCC(=O)N1CN1C(=O)CCC1=O. The summed E-state index contributed by atoms with van der Waals surface area (Å²) in [5.74, 6) is -1.25. The summed E-state index contributed by atoms with van der Waals surface area (Å²) < 4.78 is 0. The Labute approximate surface area is 120 Å². The normalized spacial score (nSPS) is 17.8. The molecule has 2 fully saturated rings. The van der Waals surface area contributed by atoms with Crippen LogP contribution in [0.4, 0.5) is 0 Å². The number of imide groups is 2. The Kier molecular flexibility index (Phi) is 8.43. The zero-order chi connectivity index (χ0) is 15.7. The zero-order valence-electron chi connectivity index (χ0n) is 12.8. The lowest BCUT2D eigenvalue weighted by Crippen LogP contribution is -2.43. The highest BCUT2D eigenvalue weighted by atomic mass is 16.2. The first-order chi connectivity index (χ1) is 9.51. The lowest BCUT2D eigenvalue weighted by molar-refractivity contribution is -0.147. The molecule has 0 unspecified atom stereocenters. The van der Waals surface area contributed by atoms with Gasteiger partial charge in [-0.1, -0.05) is 34.1 Å². The third-order valence-electron chi connectivity index (χ3n) is 2.59. The number of rotatable bonds is 2. The van der Waals surface area contributed by atoms with Gasteiger partial charge in [-0.05, 0) is 0 Å². The van der Waals surface area contributed by atoms with Gasteiger partial charge in [0.15, 0.2) is 0 Å². The topological polar surface area (TPSA) is 74.8 Å². The summed E-state index contributed by atoms with van der Waals surface area (Å²) in [7, 11) is 0. The van der Waals surface area contributed by atoms with Gasteiger partial charge in [-0.2, -0.15) is 0 Å². The number of nitrogens with zero attached hydrogens (tertiary/aromatic N) is 2. The van der Waals surface area contributed by atoms with Crippen LogP contribution < -0.4 is 0 Å². The Balaban J connectivity index is 0.000000641. The molecule has 0 aromatic carbocycles. The predicted octanol–water partition coefficient (Wildman–Crippen LogP) is 1.68. The molecule has 20 heavy (non-hydrogen) atoms. The Morgan fingerprint density at radius 2 is 0.900 bits per heavy atom. The first kappa shape index (κ1) is 18.3. The molecule has 6 nitrogen and oxygen atoms in total. The van der Waals surface area contributed by atoms with Crippen molar-refractivity contribution in [3.63, 3.8) is 0 Å². The molecule has 0 atom stereocenters. The molecule has 114 valence electrons. The summed E-state index contributed by atoms with van der Waals surface area (Å²) in [6.07, 6.45) is 1.95. The minimum atomic E-state index is -0.312. The molecule has 6 heteroatoms. The molecule has 0 spiro atoms. The number of amides is 4. The van der Waals surface area contributed by atoms with Gasteiger partial charge in [-0.3, -0.25) is 29.0 Å². The van der Waals surface area contributed by atoms with Gasteiger partial charge in [0, 0.05) is 25.7 Å². The van der Waals surface area contributed by atoms with Crippen LogP contribution >= 0.6 is 0 Å². The Hall–Kier alpha value is -1.72. The molecule has 0 radical (unpaired) electrons. The number of hydrogen-bond donors (Lipinski definition) is 0. The molecule has 2 saturated heterocycles. The molecule has 2 aliphatic heterocycles. The second-order valence-electron chi connectivity index (χ2n) is 4.28. The minimum absolute atomic E-state index is 0.176. The van der Waals surface area contributed by atoms with Crippen LogP contribution in [-0.2, 0) is 19.2 Å². The zero-order valence-corrected chi connectivity index (χ0v) is 12.8. The number of hydrogen-bond acceptors (Lipinski definition) is 4. The maximum atomic E-state index is 11.2. The first-order valence-electron chi connectivity index (χ1n) is 7.17. The second-order valence-corrected chi connectivity index (χ2v) is 4.28. The molecule has 2 rings (SSSR count). The molecule has 2 aliphatic rings. The molecule has 0 bridgehead atoms. The van der Waals surface area contributed by atoms with Crippen molar-refractivity contribution < 1.29 is 19.2 Å². The van der Waals surface area contributed by atoms with Crippen molar-refractivity contribution in [3.05, 3.63) is 0 Å². The van der Waals surface area contributed by atoms with Gasteiger partial charge >= 0.3 is 0 Å². The molecule has 0 aliphatic carbocycles. The van der Waals surface area contributed by atoms with Gasteiger partial charge in [0.1, 0.15) is 6.67 Å².